The Balaban J connectivity index is 0.00000169. The number of halogens is 2. The molecule has 0 aromatic heterocycles. The first-order valence-electron chi connectivity index (χ1n) is 2.97. The third kappa shape index (κ3) is 3.19. The van der Waals surface area contributed by atoms with Crippen molar-refractivity contribution >= 4 is 42.0 Å². The van der Waals surface area contributed by atoms with Gasteiger partial charge in [-0.1, -0.05) is 0 Å². The molecule has 0 saturated carbocycles. The Bertz CT molecular complexity index is 445. The molecule has 0 aliphatic heterocycles. The summed E-state index contributed by atoms with van der Waals surface area (Å²) in [5, 5.41) is 9.12. The molecular formula is C6H3Br2NaO4S. The molecule has 0 heterocycles. The molecule has 1 aromatic carbocycles. The third-order valence-electron chi connectivity index (χ3n) is 1.30. The topological polar surface area (TPSA) is 77.4 Å². The van der Waals surface area contributed by atoms with E-state index in [1.165, 1.54) is 0 Å². The molecule has 0 radical (unpaired) electrons. The van der Waals surface area contributed by atoms with E-state index in [0.717, 1.165) is 12.1 Å². The minimum absolute atomic E-state index is 0. The fraction of sp³-hybridized carbons (Fsp3) is 0. The van der Waals surface area contributed by atoms with E-state index in [4.69, 9.17) is 5.11 Å². The Hall–Kier alpha value is 0.890. The van der Waals surface area contributed by atoms with Gasteiger partial charge in [0.25, 0.3) is 0 Å². The van der Waals surface area contributed by atoms with Gasteiger partial charge < -0.3 is 9.66 Å². The summed E-state index contributed by atoms with van der Waals surface area (Å²) in [6.07, 6.45) is 0. The van der Waals surface area contributed by atoms with E-state index >= 15 is 0 Å². The van der Waals surface area contributed by atoms with Crippen molar-refractivity contribution in [3.63, 3.8) is 0 Å². The van der Waals surface area contributed by atoms with Crippen molar-refractivity contribution in [1.82, 2.24) is 0 Å². The maximum atomic E-state index is 10.6. The number of phenols is 1. The molecule has 1 rings (SSSR count). The van der Waals surface area contributed by atoms with Crippen molar-refractivity contribution in [3.8, 4) is 5.75 Å². The Morgan fingerprint density at radius 3 is 2.14 bits per heavy atom. The smallest absolute Gasteiger partial charge is 0.744 e. The van der Waals surface area contributed by atoms with Crippen LogP contribution in [0.2, 0.25) is 0 Å². The number of benzene rings is 1. The van der Waals surface area contributed by atoms with Gasteiger partial charge in [-0.2, -0.15) is 0 Å². The van der Waals surface area contributed by atoms with Gasteiger partial charge in [0.15, 0.2) is 0 Å². The van der Waals surface area contributed by atoms with Gasteiger partial charge in [0, 0.05) is 0 Å². The normalized spacial score (nSPS) is 10.8. The molecular weight excluding hydrogens is 351 g/mol. The predicted octanol–water partition coefficient (Wildman–Crippen LogP) is -1.17. The van der Waals surface area contributed by atoms with Gasteiger partial charge in [0.2, 0.25) is 0 Å². The van der Waals surface area contributed by atoms with Crippen molar-refractivity contribution in [2.75, 3.05) is 0 Å². The van der Waals surface area contributed by atoms with Crippen LogP contribution in [0.5, 0.6) is 5.75 Å². The number of hydrogen-bond donors (Lipinski definition) is 1. The summed E-state index contributed by atoms with van der Waals surface area (Å²) in [6, 6.07) is 2.16. The third-order valence-corrected chi connectivity index (χ3v) is 4.60. The zero-order chi connectivity index (χ0) is 10.2. The van der Waals surface area contributed by atoms with E-state index in [0.29, 0.717) is 0 Å². The standard InChI is InChI=1S/C6H4Br2O4S.Na/c7-5-3(9)1-2-4(6(5)8)13(10,11)12;/h1-2,9H,(H,10,11,12);/q;+1/p-1. The van der Waals surface area contributed by atoms with Crippen LogP contribution in [0.25, 0.3) is 0 Å². The molecule has 8 heteroatoms. The van der Waals surface area contributed by atoms with Crippen molar-refractivity contribution < 1.29 is 47.6 Å². The molecule has 0 atom stereocenters. The van der Waals surface area contributed by atoms with Gasteiger partial charge in [-0.3, -0.25) is 0 Å². The monoisotopic (exact) mass is 352 g/mol. The summed E-state index contributed by atoms with van der Waals surface area (Å²) in [4.78, 5) is -0.405. The van der Waals surface area contributed by atoms with Gasteiger partial charge in [-0.25, -0.2) is 8.42 Å². The largest absolute Gasteiger partial charge is 1.00 e. The average molecular weight is 354 g/mol. The molecule has 0 aliphatic rings. The summed E-state index contributed by atoms with van der Waals surface area (Å²) in [5.74, 6) is -0.140. The van der Waals surface area contributed by atoms with Crippen LogP contribution in [-0.2, 0) is 10.1 Å². The fourth-order valence-corrected chi connectivity index (χ4v) is 2.68. The fourth-order valence-electron chi connectivity index (χ4n) is 0.715. The van der Waals surface area contributed by atoms with Crippen LogP contribution in [0.1, 0.15) is 0 Å². The second kappa shape index (κ2) is 5.29. The predicted molar refractivity (Wildman–Crippen MR) is 51.5 cm³/mol. The SMILES string of the molecule is O=S(=O)([O-])c1ccc(O)c(Br)c1Br.[Na+]. The van der Waals surface area contributed by atoms with E-state index in [1.807, 2.05) is 0 Å². The second-order valence-corrected chi connectivity index (χ2v) is 5.10. The van der Waals surface area contributed by atoms with Crippen LogP contribution < -0.4 is 29.6 Å². The first-order valence-corrected chi connectivity index (χ1v) is 5.96. The second-order valence-electron chi connectivity index (χ2n) is 2.16. The van der Waals surface area contributed by atoms with Crippen LogP contribution in [0.4, 0.5) is 0 Å². The van der Waals surface area contributed by atoms with Crippen LogP contribution in [0.3, 0.4) is 0 Å². The van der Waals surface area contributed by atoms with E-state index < -0.39 is 15.0 Å². The average Bonchev–Trinajstić information content (AvgIpc) is 1.98. The summed E-state index contributed by atoms with van der Waals surface area (Å²) >= 11 is 5.80. The minimum Gasteiger partial charge on any atom is -0.744 e. The van der Waals surface area contributed by atoms with Crippen LogP contribution >= 0.6 is 31.9 Å². The van der Waals surface area contributed by atoms with Gasteiger partial charge in [-0.05, 0) is 44.0 Å². The van der Waals surface area contributed by atoms with Crippen molar-refractivity contribution in [1.29, 1.82) is 0 Å². The molecule has 14 heavy (non-hydrogen) atoms. The number of aromatic hydroxyl groups is 1. The molecule has 0 unspecified atom stereocenters. The van der Waals surface area contributed by atoms with Gasteiger partial charge in [-0.15, -0.1) is 0 Å². The number of rotatable bonds is 1. The molecule has 4 nitrogen and oxygen atoms in total. The Kier molecular flexibility index (Phi) is 5.62. The molecule has 1 N–H and O–H groups in total. The first kappa shape index (κ1) is 14.9. The summed E-state index contributed by atoms with van der Waals surface area (Å²) in [7, 11) is -4.51. The molecule has 72 valence electrons. The molecule has 0 amide bonds. The quantitative estimate of drug-likeness (QED) is 0.509. The minimum atomic E-state index is -4.51. The summed E-state index contributed by atoms with van der Waals surface area (Å²) in [5.41, 5.74) is 0. The van der Waals surface area contributed by atoms with E-state index in [-0.39, 0.29) is 44.3 Å². The Morgan fingerprint density at radius 2 is 1.71 bits per heavy atom. The Morgan fingerprint density at radius 1 is 1.21 bits per heavy atom. The summed E-state index contributed by atoms with van der Waals surface area (Å²) in [6.45, 7) is 0. The molecule has 0 saturated heterocycles. The zero-order valence-electron chi connectivity index (χ0n) is 6.99. The Labute approximate surface area is 120 Å². The van der Waals surface area contributed by atoms with Gasteiger partial charge in [0.05, 0.1) is 13.8 Å². The first-order chi connectivity index (χ1) is 5.84. The van der Waals surface area contributed by atoms with E-state index in [1.54, 1.807) is 0 Å². The maximum Gasteiger partial charge on any atom is 1.00 e. The van der Waals surface area contributed by atoms with Crippen molar-refractivity contribution in [2.24, 2.45) is 0 Å². The number of phenolic OH excluding ortho intramolecular Hbond substituents is 1. The summed E-state index contributed by atoms with van der Waals surface area (Å²) < 4.78 is 32.1. The van der Waals surface area contributed by atoms with Gasteiger partial charge >= 0.3 is 29.6 Å². The van der Waals surface area contributed by atoms with E-state index in [2.05, 4.69) is 31.9 Å². The van der Waals surface area contributed by atoms with Gasteiger partial charge in [0.1, 0.15) is 15.9 Å². The maximum absolute atomic E-state index is 10.6. The molecule has 0 bridgehead atoms. The van der Waals surface area contributed by atoms with Crippen LogP contribution in [-0.4, -0.2) is 18.1 Å². The van der Waals surface area contributed by atoms with Crippen LogP contribution in [0.15, 0.2) is 26.0 Å². The molecule has 0 fully saturated rings. The van der Waals surface area contributed by atoms with Crippen LogP contribution in [0, 0.1) is 0 Å². The molecule has 0 spiro atoms. The molecule has 0 aliphatic carbocycles. The van der Waals surface area contributed by atoms with E-state index in [9.17, 15) is 13.0 Å². The van der Waals surface area contributed by atoms with Crippen molar-refractivity contribution in [2.45, 2.75) is 4.90 Å². The van der Waals surface area contributed by atoms with Crippen molar-refractivity contribution in [3.05, 3.63) is 21.1 Å². The molecule has 1 aromatic rings. The zero-order valence-corrected chi connectivity index (χ0v) is 13.0. The number of hydrogen-bond acceptors (Lipinski definition) is 4.